The Morgan fingerprint density at radius 1 is 1.10 bits per heavy atom. The van der Waals surface area contributed by atoms with Crippen molar-refractivity contribution in [2.45, 2.75) is 59.5 Å². The first-order chi connectivity index (χ1) is 8.72. The second kappa shape index (κ2) is 12.3. The molecule has 0 bridgehead atoms. The zero-order chi connectivity index (χ0) is 15.5. The van der Waals surface area contributed by atoms with Gasteiger partial charge in [-0.05, 0) is 38.7 Å². The highest BCUT2D eigenvalue weighted by Crippen LogP contribution is 2.31. The second-order valence-corrected chi connectivity index (χ2v) is 4.97. The predicted molar refractivity (Wildman–Crippen MR) is 82.6 cm³/mol. The van der Waals surface area contributed by atoms with Gasteiger partial charge in [-0.3, -0.25) is 4.55 Å². The molecule has 6 nitrogen and oxygen atoms in total. The van der Waals surface area contributed by atoms with Crippen molar-refractivity contribution in [2.75, 3.05) is 13.2 Å². The van der Waals surface area contributed by atoms with E-state index in [4.69, 9.17) is 13.5 Å². The highest BCUT2D eigenvalue weighted by Gasteiger charge is 2.34. The fraction of sp³-hybridized carbons (Fsp3) is 0.846. The predicted octanol–water partition coefficient (Wildman–Crippen LogP) is 3.54. The summed E-state index contributed by atoms with van der Waals surface area (Å²) in [5.41, 5.74) is -0.275. The summed E-state index contributed by atoms with van der Waals surface area (Å²) < 4.78 is 39.6. The fourth-order valence-corrected chi connectivity index (χ4v) is 2.41. The molecular formula is C13H31NO5S. The minimum atomic E-state index is -4.42. The molecule has 0 fully saturated rings. The van der Waals surface area contributed by atoms with E-state index < -0.39 is 16.0 Å². The van der Waals surface area contributed by atoms with Crippen molar-refractivity contribution in [3.8, 4) is 0 Å². The molecule has 20 heavy (non-hydrogen) atoms. The Balaban J connectivity index is -0.000000414. The van der Waals surface area contributed by atoms with Gasteiger partial charge in [0.2, 0.25) is 0 Å². The number of ether oxygens (including phenoxy) is 1. The summed E-state index contributed by atoms with van der Waals surface area (Å²) in [6.45, 7) is 14.9. The molecule has 0 radical (unpaired) electrons. The van der Waals surface area contributed by atoms with Crippen LogP contribution in [0, 0.1) is 0 Å². The minimum Gasteiger partial charge on any atom is -0.382 e. The molecule has 0 spiro atoms. The van der Waals surface area contributed by atoms with Gasteiger partial charge in [0.25, 0.3) is 0 Å². The van der Waals surface area contributed by atoms with E-state index in [-0.39, 0.29) is 6.15 Å². The van der Waals surface area contributed by atoms with Gasteiger partial charge in [0.15, 0.2) is 0 Å². The topological polar surface area (TPSA) is 108 Å². The Morgan fingerprint density at radius 2 is 1.50 bits per heavy atom. The van der Waals surface area contributed by atoms with Crippen LogP contribution in [-0.2, 0) is 19.3 Å². The molecule has 0 aromatic rings. The first kappa shape index (κ1) is 24.5. The molecule has 0 aliphatic rings. The van der Waals surface area contributed by atoms with Crippen LogP contribution in [0.2, 0.25) is 0 Å². The van der Waals surface area contributed by atoms with Crippen LogP contribution in [-0.4, -0.2) is 31.8 Å². The summed E-state index contributed by atoms with van der Waals surface area (Å²) in [7, 11) is -4.42. The molecule has 0 aromatic heterocycles. The molecule has 7 heteroatoms. The highest BCUT2D eigenvalue weighted by atomic mass is 32.3. The molecule has 0 heterocycles. The van der Waals surface area contributed by atoms with Gasteiger partial charge in [0.1, 0.15) is 5.60 Å². The lowest BCUT2D eigenvalue weighted by molar-refractivity contribution is 0.0871. The summed E-state index contributed by atoms with van der Waals surface area (Å²) in [5.74, 6) is 0. The standard InChI is InChI=1S/C9H18O4S.C4H10O.H3N/c1-5-8(4)9(6-2,7-3)13-14(10,11)12;1-3-5-4-2;/h4-7H2,1-3H3,(H,10,11,12);3-4H2,1-2H3;1H3. The molecule has 0 amide bonds. The van der Waals surface area contributed by atoms with Crippen molar-refractivity contribution in [1.29, 1.82) is 0 Å². The van der Waals surface area contributed by atoms with E-state index in [1.54, 1.807) is 13.8 Å². The van der Waals surface area contributed by atoms with Crippen molar-refractivity contribution >= 4 is 10.4 Å². The van der Waals surface area contributed by atoms with Crippen LogP contribution in [0.5, 0.6) is 0 Å². The minimum absolute atomic E-state index is 0. The number of rotatable bonds is 8. The van der Waals surface area contributed by atoms with Gasteiger partial charge in [-0.2, -0.15) is 8.42 Å². The van der Waals surface area contributed by atoms with E-state index in [0.29, 0.717) is 24.8 Å². The summed E-state index contributed by atoms with van der Waals surface area (Å²) in [4.78, 5) is 0. The van der Waals surface area contributed by atoms with Crippen LogP contribution >= 0.6 is 0 Å². The SMILES string of the molecule is C=C(CC)C(CC)(CC)OS(=O)(=O)O.CCOCC.N. The molecular weight excluding hydrogens is 282 g/mol. The van der Waals surface area contributed by atoms with Crippen LogP contribution < -0.4 is 6.15 Å². The number of hydrogen-bond donors (Lipinski definition) is 2. The highest BCUT2D eigenvalue weighted by molar-refractivity contribution is 7.80. The normalized spacial score (nSPS) is 11.1. The third kappa shape index (κ3) is 10.3. The molecule has 0 saturated carbocycles. The summed E-state index contributed by atoms with van der Waals surface area (Å²) in [5, 5.41) is 0. The maximum atomic E-state index is 10.7. The first-order valence-corrected chi connectivity index (χ1v) is 8.03. The average molecular weight is 313 g/mol. The Labute approximate surface area is 124 Å². The van der Waals surface area contributed by atoms with Crippen LogP contribution in [0.4, 0.5) is 0 Å². The molecule has 0 unspecified atom stereocenters. The van der Waals surface area contributed by atoms with Crippen molar-refractivity contribution in [1.82, 2.24) is 6.15 Å². The molecule has 0 rings (SSSR count). The van der Waals surface area contributed by atoms with Gasteiger partial charge in [-0.25, -0.2) is 4.18 Å². The maximum absolute atomic E-state index is 10.7. The molecule has 4 N–H and O–H groups in total. The van der Waals surface area contributed by atoms with Gasteiger partial charge in [0, 0.05) is 13.2 Å². The van der Waals surface area contributed by atoms with E-state index in [1.165, 1.54) is 0 Å². The molecule has 0 saturated heterocycles. The van der Waals surface area contributed by atoms with Gasteiger partial charge in [-0.1, -0.05) is 27.4 Å². The average Bonchev–Trinajstić information content (AvgIpc) is 2.35. The van der Waals surface area contributed by atoms with Crippen LogP contribution in [0.25, 0.3) is 0 Å². The smallest absolute Gasteiger partial charge is 0.382 e. The lowest BCUT2D eigenvalue weighted by Gasteiger charge is -2.31. The number of hydrogen-bond acceptors (Lipinski definition) is 5. The Bertz CT molecular complexity index is 335. The van der Waals surface area contributed by atoms with E-state index in [0.717, 1.165) is 13.2 Å². The molecule has 0 aliphatic heterocycles. The molecule has 124 valence electrons. The van der Waals surface area contributed by atoms with Crippen LogP contribution in [0.3, 0.4) is 0 Å². The molecule has 0 aliphatic carbocycles. The van der Waals surface area contributed by atoms with Crippen molar-refractivity contribution in [3.63, 3.8) is 0 Å². The molecule has 0 atom stereocenters. The maximum Gasteiger partial charge on any atom is 0.398 e. The van der Waals surface area contributed by atoms with Gasteiger partial charge in [0.05, 0.1) is 0 Å². The largest absolute Gasteiger partial charge is 0.398 e. The van der Waals surface area contributed by atoms with Gasteiger partial charge >= 0.3 is 10.4 Å². The Hall–Kier alpha value is -0.470. The monoisotopic (exact) mass is 313 g/mol. The second-order valence-electron chi connectivity index (χ2n) is 3.95. The zero-order valence-corrected chi connectivity index (χ0v) is 14.3. The van der Waals surface area contributed by atoms with E-state index >= 15 is 0 Å². The quantitative estimate of drug-likeness (QED) is 0.524. The zero-order valence-electron chi connectivity index (χ0n) is 13.4. The first-order valence-electron chi connectivity index (χ1n) is 6.66. The van der Waals surface area contributed by atoms with Crippen LogP contribution in [0.15, 0.2) is 12.2 Å². The lowest BCUT2D eigenvalue weighted by Crippen LogP contribution is -2.35. The van der Waals surface area contributed by atoms with Crippen molar-refractivity contribution in [2.24, 2.45) is 0 Å². The van der Waals surface area contributed by atoms with E-state index in [9.17, 15) is 8.42 Å². The third-order valence-corrected chi connectivity index (χ3v) is 3.42. The Kier molecular flexibility index (Phi) is 15.1. The van der Waals surface area contributed by atoms with Gasteiger partial charge in [-0.15, -0.1) is 0 Å². The van der Waals surface area contributed by atoms with Crippen molar-refractivity contribution < 1.29 is 21.9 Å². The van der Waals surface area contributed by atoms with Gasteiger partial charge < -0.3 is 10.9 Å². The molecule has 0 aromatic carbocycles. The summed E-state index contributed by atoms with van der Waals surface area (Å²) >= 11 is 0. The summed E-state index contributed by atoms with van der Waals surface area (Å²) in [6.07, 6.45) is 1.56. The lowest BCUT2D eigenvalue weighted by atomic mass is 9.88. The summed E-state index contributed by atoms with van der Waals surface area (Å²) in [6, 6.07) is 0. The fourth-order valence-electron chi connectivity index (χ4n) is 1.65. The van der Waals surface area contributed by atoms with Crippen molar-refractivity contribution in [3.05, 3.63) is 12.2 Å². The third-order valence-electron chi connectivity index (χ3n) is 2.89. The van der Waals surface area contributed by atoms with Crippen LogP contribution in [0.1, 0.15) is 53.9 Å². The Morgan fingerprint density at radius 3 is 1.65 bits per heavy atom. The van der Waals surface area contributed by atoms with E-state index in [1.807, 2.05) is 20.8 Å². The van der Waals surface area contributed by atoms with E-state index in [2.05, 4.69) is 6.58 Å².